The van der Waals surface area contributed by atoms with Crippen LogP contribution in [0.2, 0.25) is 0 Å². The molecule has 0 bridgehead atoms. The summed E-state index contributed by atoms with van der Waals surface area (Å²) in [5, 5.41) is 4.85. The Morgan fingerprint density at radius 2 is 1.46 bits per heavy atom. The lowest BCUT2D eigenvalue weighted by Crippen LogP contribution is -2.49. The van der Waals surface area contributed by atoms with E-state index in [1.807, 2.05) is 77.7 Å². The van der Waals surface area contributed by atoms with Crippen LogP contribution in [0.4, 0.5) is 11.4 Å². The van der Waals surface area contributed by atoms with E-state index in [0.29, 0.717) is 48.6 Å². The number of methoxy groups -OCH3 is 1. The Morgan fingerprint density at radius 1 is 0.757 bits per heavy atom. The predicted octanol–water partition coefficient (Wildman–Crippen LogP) is 4.84. The number of carbonyl (C=O) groups excluding carboxylic acids is 3. The zero-order chi connectivity index (χ0) is 25.8. The van der Waals surface area contributed by atoms with E-state index < -0.39 is 5.97 Å². The lowest BCUT2D eigenvalue weighted by Gasteiger charge is -2.37. The van der Waals surface area contributed by atoms with Gasteiger partial charge in [0.05, 0.1) is 24.0 Å². The van der Waals surface area contributed by atoms with Gasteiger partial charge in [-0.3, -0.25) is 9.59 Å². The molecule has 1 fully saturated rings. The zero-order valence-corrected chi connectivity index (χ0v) is 20.5. The van der Waals surface area contributed by atoms with Crippen molar-refractivity contribution in [2.75, 3.05) is 43.5 Å². The summed E-state index contributed by atoms with van der Waals surface area (Å²) in [5.74, 6) is -0.741. The van der Waals surface area contributed by atoms with Gasteiger partial charge in [0.2, 0.25) is 0 Å². The normalized spacial score (nSPS) is 13.3. The van der Waals surface area contributed by atoms with Gasteiger partial charge in [0.25, 0.3) is 11.8 Å². The molecule has 1 aliphatic heterocycles. The monoisotopic (exact) mass is 493 g/mol. The maximum atomic E-state index is 13.4. The first-order chi connectivity index (χ1) is 18.0. The van der Waals surface area contributed by atoms with Crippen molar-refractivity contribution in [2.45, 2.75) is 0 Å². The summed E-state index contributed by atoms with van der Waals surface area (Å²) in [5.41, 5.74) is 2.86. The van der Waals surface area contributed by atoms with Crippen molar-refractivity contribution in [3.8, 4) is 0 Å². The molecule has 37 heavy (non-hydrogen) atoms. The Morgan fingerprint density at radius 3 is 2.22 bits per heavy atom. The Labute approximate surface area is 215 Å². The second-order valence-electron chi connectivity index (χ2n) is 8.85. The number of ether oxygens (including phenoxy) is 1. The number of nitrogens with zero attached hydrogens (tertiary/aromatic N) is 2. The third kappa shape index (κ3) is 5.02. The molecule has 0 spiro atoms. The number of amides is 2. The fraction of sp³-hybridized carbons (Fsp3) is 0.167. The first-order valence-corrected chi connectivity index (χ1v) is 12.2. The van der Waals surface area contributed by atoms with E-state index in [1.165, 1.54) is 7.11 Å². The van der Waals surface area contributed by atoms with Crippen LogP contribution in [0.1, 0.15) is 31.1 Å². The van der Waals surface area contributed by atoms with Crippen LogP contribution in [0.15, 0.2) is 91.0 Å². The highest BCUT2D eigenvalue weighted by Crippen LogP contribution is 2.30. The molecule has 0 aromatic heterocycles. The molecule has 5 rings (SSSR count). The van der Waals surface area contributed by atoms with Crippen molar-refractivity contribution in [3.05, 3.63) is 108 Å². The van der Waals surface area contributed by atoms with E-state index in [1.54, 1.807) is 18.2 Å². The number of piperazine rings is 1. The van der Waals surface area contributed by atoms with Gasteiger partial charge >= 0.3 is 5.97 Å². The molecular weight excluding hydrogens is 466 g/mol. The quantitative estimate of drug-likeness (QED) is 0.403. The highest BCUT2D eigenvalue weighted by atomic mass is 16.5. The average Bonchev–Trinajstić information content (AvgIpc) is 2.96. The minimum Gasteiger partial charge on any atom is -0.465 e. The van der Waals surface area contributed by atoms with Crippen LogP contribution in [0, 0.1) is 0 Å². The van der Waals surface area contributed by atoms with E-state index in [9.17, 15) is 14.4 Å². The molecule has 1 saturated heterocycles. The summed E-state index contributed by atoms with van der Waals surface area (Å²) in [6, 6.07) is 27.7. The highest BCUT2D eigenvalue weighted by Gasteiger charge is 2.25. The van der Waals surface area contributed by atoms with Crippen LogP contribution < -0.4 is 10.2 Å². The molecule has 1 heterocycles. The van der Waals surface area contributed by atoms with Crippen LogP contribution in [0.3, 0.4) is 0 Å². The highest BCUT2D eigenvalue weighted by molar-refractivity contribution is 6.14. The van der Waals surface area contributed by atoms with Crippen LogP contribution in [-0.4, -0.2) is 56.0 Å². The Kier molecular flexibility index (Phi) is 6.85. The molecule has 0 unspecified atom stereocenters. The average molecular weight is 494 g/mol. The van der Waals surface area contributed by atoms with Gasteiger partial charge in [-0.1, -0.05) is 54.6 Å². The van der Waals surface area contributed by atoms with Crippen molar-refractivity contribution >= 4 is 39.9 Å². The molecule has 0 radical (unpaired) electrons. The number of rotatable bonds is 5. The van der Waals surface area contributed by atoms with Gasteiger partial charge in [0, 0.05) is 37.3 Å². The van der Waals surface area contributed by atoms with Gasteiger partial charge in [0.1, 0.15) is 0 Å². The maximum absolute atomic E-state index is 13.4. The van der Waals surface area contributed by atoms with Gasteiger partial charge in [-0.15, -0.1) is 0 Å². The number of anilines is 2. The smallest absolute Gasteiger partial charge is 0.337 e. The van der Waals surface area contributed by atoms with Gasteiger partial charge in [-0.2, -0.15) is 0 Å². The van der Waals surface area contributed by atoms with Crippen molar-refractivity contribution in [3.63, 3.8) is 0 Å². The topological polar surface area (TPSA) is 79.0 Å². The number of hydrogen-bond donors (Lipinski definition) is 1. The molecule has 186 valence electrons. The van der Waals surface area contributed by atoms with Crippen molar-refractivity contribution in [2.24, 2.45) is 0 Å². The summed E-state index contributed by atoms with van der Waals surface area (Å²) in [6.45, 7) is 2.27. The van der Waals surface area contributed by atoms with Gasteiger partial charge in [-0.05, 0) is 47.2 Å². The number of fused-ring (bicyclic) bond motifs is 1. The molecular formula is C30H27N3O4. The zero-order valence-electron chi connectivity index (χ0n) is 20.5. The van der Waals surface area contributed by atoms with Crippen molar-refractivity contribution in [1.82, 2.24) is 4.90 Å². The number of benzene rings is 4. The van der Waals surface area contributed by atoms with E-state index in [0.717, 1.165) is 16.5 Å². The van der Waals surface area contributed by atoms with E-state index in [2.05, 4.69) is 10.2 Å². The minimum atomic E-state index is -0.481. The summed E-state index contributed by atoms with van der Waals surface area (Å²) in [4.78, 5) is 42.5. The molecule has 1 aliphatic rings. The molecule has 0 saturated carbocycles. The van der Waals surface area contributed by atoms with E-state index in [4.69, 9.17) is 4.74 Å². The standard InChI is InChI=1S/C30H27N3O4/c1-37-30(36)23-14-15-27(32-16-18-33(19-17-32)29(35)22-9-3-2-4-10-22)26(20-23)31-28(34)25-13-7-11-21-8-5-6-12-24(21)25/h2-15,20H,16-19H2,1H3,(H,31,34). The summed E-state index contributed by atoms with van der Waals surface area (Å²) in [7, 11) is 1.33. The second-order valence-corrected chi connectivity index (χ2v) is 8.85. The second kappa shape index (κ2) is 10.5. The summed E-state index contributed by atoms with van der Waals surface area (Å²) in [6.07, 6.45) is 0. The van der Waals surface area contributed by atoms with Crippen LogP contribution in [-0.2, 0) is 4.74 Å². The lowest BCUT2D eigenvalue weighted by molar-refractivity contribution is 0.0600. The molecule has 0 aliphatic carbocycles. The van der Waals surface area contributed by atoms with Gasteiger partial charge in [-0.25, -0.2) is 4.79 Å². The van der Waals surface area contributed by atoms with Gasteiger partial charge in [0.15, 0.2) is 0 Å². The molecule has 4 aromatic carbocycles. The number of carbonyl (C=O) groups is 3. The fourth-order valence-electron chi connectivity index (χ4n) is 4.68. The Balaban J connectivity index is 1.40. The van der Waals surface area contributed by atoms with Crippen molar-refractivity contribution in [1.29, 1.82) is 0 Å². The lowest BCUT2D eigenvalue weighted by atomic mass is 10.0. The van der Waals surface area contributed by atoms with Crippen molar-refractivity contribution < 1.29 is 19.1 Å². The number of esters is 1. The molecule has 2 amide bonds. The first kappa shape index (κ1) is 24.1. The summed E-state index contributed by atoms with van der Waals surface area (Å²) < 4.78 is 4.90. The molecule has 0 atom stereocenters. The Hall–Kier alpha value is -4.65. The maximum Gasteiger partial charge on any atom is 0.337 e. The predicted molar refractivity (Wildman–Crippen MR) is 144 cm³/mol. The third-order valence-corrected chi connectivity index (χ3v) is 6.63. The van der Waals surface area contributed by atoms with Gasteiger partial charge < -0.3 is 19.9 Å². The molecule has 7 nitrogen and oxygen atoms in total. The largest absolute Gasteiger partial charge is 0.465 e. The van der Waals surface area contributed by atoms with E-state index >= 15 is 0 Å². The number of nitrogens with one attached hydrogen (secondary N) is 1. The van der Waals surface area contributed by atoms with Crippen LogP contribution in [0.25, 0.3) is 10.8 Å². The van der Waals surface area contributed by atoms with E-state index in [-0.39, 0.29) is 11.8 Å². The first-order valence-electron chi connectivity index (χ1n) is 12.2. The minimum absolute atomic E-state index is 0.00534. The SMILES string of the molecule is COC(=O)c1ccc(N2CCN(C(=O)c3ccccc3)CC2)c(NC(=O)c2cccc3ccccc23)c1. The van der Waals surface area contributed by atoms with Crippen LogP contribution >= 0.6 is 0 Å². The fourth-order valence-corrected chi connectivity index (χ4v) is 4.68. The molecule has 1 N–H and O–H groups in total. The summed E-state index contributed by atoms with van der Waals surface area (Å²) >= 11 is 0. The van der Waals surface area contributed by atoms with Crippen LogP contribution in [0.5, 0.6) is 0 Å². The number of hydrogen-bond acceptors (Lipinski definition) is 5. The molecule has 7 heteroatoms. The molecule has 4 aromatic rings. The third-order valence-electron chi connectivity index (χ3n) is 6.63. The Bertz CT molecular complexity index is 1460.